The fourth-order valence-electron chi connectivity index (χ4n) is 2.22. The maximum Gasteiger partial charge on any atom is 0.258 e. The van der Waals surface area contributed by atoms with E-state index in [9.17, 15) is 13.2 Å². The summed E-state index contributed by atoms with van der Waals surface area (Å²) in [5.41, 5.74) is 0.822. The van der Waals surface area contributed by atoms with Gasteiger partial charge in [-0.1, -0.05) is 6.07 Å². The van der Waals surface area contributed by atoms with Gasteiger partial charge in [0, 0.05) is 11.8 Å². The summed E-state index contributed by atoms with van der Waals surface area (Å²) in [6, 6.07) is 10.8. The van der Waals surface area contributed by atoms with Gasteiger partial charge >= 0.3 is 0 Å². The molecule has 9 nitrogen and oxygen atoms in total. The summed E-state index contributed by atoms with van der Waals surface area (Å²) in [5, 5.41) is 2.59. The van der Waals surface area contributed by atoms with Gasteiger partial charge in [0.2, 0.25) is 16.0 Å². The van der Waals surface area contributed by atoms with Crippen LogP contribution in [0.15, 0.2) is 53.6 Å². The van der Waals surface area contributed by atoms with Crippen LogP contribution in [0.2, 0.25) is 0 Å². The second-order valence-corrected chi connectivity index (χ2v) is 7.32. The molecule has 0 aliphatic heterocycles. The molecule has 2 heterocycles. The third-order valence-corrected chi connectivity index (χ3v) is 4.99. The van der Waals surface area contributed by atoms with Crippen LogP contribution in [0.5, 0.6) is 0 Å². The molecule has 3 aromatic rings. The van der Waals surface area contributed by atoms with Crippen LogP contribution in [0.25, 0.3) is 11.5 Å². The summed E-state index contributed by atoms with van der Waals surface area (Å²) in [6.07, 6.45) is 1.62. The number of anilines is 1. The summed E-state index contributed by atoms with van der Waals surface area (Å²) in [5.74, 6) is 0.381. The zero-order chi connectivity index (χ0) is 19.4. The van der Waals surface area contributed by atoms with Gasteiger partial charge in [-0.15, -0.1) is 0 Å². The van der Waals surface area contributed by atoms with Crippen LogP contribution in [-0.2, 0) is 10.0 Å². The molecule has 0 fully saturated rings. The van der Waals surface area contributed by atoms with Crippen LogP contribution in [0, 0.1) is 6.92 Å². The van der Waals surface area contributed by atoms with E-state index in [0.717, 1.165) is 0 Å². The first kappa shape index (κ1) is 18.5. The van der Waals surface area contributed by atoms with Crippen LogP contribution in [-0.4, -0.2) is 41.3 Å². The summed E-state index contributed by atoms with van der Waals surface area (Å²) in [6.45, 7) is 1.68. The molecule has 0 aliphatic carbocycles. The zero-order valence-electron chi connectivity index (χ0n) is 14.5. The largest absolute Gasteiger partial charge is 0.290 e. The maximum atomic E-state index is 12.4. The molecule has 2 aromatic heterocycles. The highest BCUT2D eigenvalue weighted by Gasteiger charge is 2.14. The van der Waals surface area contributed by atoms with Gasteiger partial charge in [0.25, 0.3) is 5.91 Å². The van der Waals surface area contributed by atoms with Crippen molar-refractivity contribution in [3.05, 3.63) is 60.0 Å². The van der Waals surface area contributed by atoms with Gasteiger partial charge < -0.3 is 0 Å². The van der Waals surface area contributed by atoms with Crippen molar-refractivity contribution < 1.29 is 13.2 Å². The van der Waals surface area contributed by atoms with E-state index >= 15 is 0 Å². The number of nitrogens with one attached hydrogen (secondary N) is 2. The number of carbonyl (C=O) groups excluding carboxylic acids is 1. The Balaban J connectivity index is 1.83. The van der Waals surface area contributed by atoms with Crippen LogP contribution < -0.4 is 10.0 Å². The Bertz CT molecular complexity index is 1070. The molecule has 1 amide bonds. The molecular weight excluding hydrogens is 368 g/mol. The van der Waals surface area contributed by atoms with Crippen molar-refractivity contribution in [3.8, 4) is 11.5 Å². The molecule has 0 radical (unpaired) electrons. The fourth-order valence-corrected chi connectivity index (χ4v) is 2.95. The Morgan fingerprint density at radius 1 is 1.00 bits per heavy atom. The molecule has 0 aliphatic rings. The molecule has 0 saturated heterocycles. The molecule has 0 unspecified atom stereocenters. The minimum atomic E-state index is -3.56. The van der Waals surface area contributed by atoms with Gasteiger partial charge in [-0.05, 0) is 50.4 Å². The number of hydrogen-bond acceptors (Lipinski definition) is 7. The number of amides is 1. The lowest BCUT2D eigenvalue weighted by Gasteiger charge is -2.07. The topological polar surface area (TPSA) is 127 Å². The van der Waals surface area contributed by atoms with E-state index in [0.29, 0.717) is 17.3 Å². The van der Waals surface area contributed by atoms with Crippen molar-refractivity contribution >= 4 is 21.9 Å². The summed E-state index contributed by atoms with van der Waals surface area (Å²) in [4.78, 5) is 29.2. The number of aryl methyl sites for hydroxylation is 1. The molecule has 2 N–H and O–H groups in total. The van der Waals surface area contributed by atoms with Crippen LogP contribution in [0.1, 0.15) is 16.2 Å². The highest BCUT2D eigenvalue weighted by molar-refractivity contribution is 7.89. The second kappa shape index (κ2) is 7.56. The van der Waals surface area contributed by atoms with Crippen molar-refractivity contribution in [2.45, 2.75) is 11.8 Å². The summed E-state index contributed by atoms with van der Waals surface area (Å²) in [7, 11) is -2.25. The number of hydrogen-bond donors (Lipinski definition) is 2. The first-order valence-electron chi connectivity index (χ1n) is 7.88. The SMILES string of the molecule is CNS(=O)(=O)c1ccc(C(=O)Nc2nc(C)nc(-c3ccccn3)n2)cc1. The summed E-state index contributed by atoms with van der Waals surface area (Å²) < 4.78 is 25.7. The smallest absolute Gasteiger partial charge is 0.258 e. The van der Waals surface area contributed by atoms with Gasteiger partial charge in [-0.3, -0.25) is 15.1 Å². The van der Waals surface area contributed by atoms with Crippen molar-refractivity contribution in [1.82, 2.24) is 24.7 Å². The molecule has 10 heteroatoms. The molecule has 3 rings (SSSR count). The lowest BCUT2D eigenvalue weighted by molar-refractivity contribution is 0.102. The standard InChI is InChI=1S/C17H16N6O3S/c1-11-20-15(14-5-3-4-10-19-14)22-17(21-11)23-16(24)12-6-8-13(9-7-12)27(25,26)18-2/h3-10,18H,1-2H3,(H,20,21,22,23,24). The van der Waals surface area contributed by atoms with Gasteiger partial charge in [0.15, 0.2) is 5.82 Å². The molecule has 0 atom stereocenters. The Morgan fingerprint density at radius 3 is 2.37 bits per heavy atom. The molecule has 0 spiro atoms. The van der Waals surface area contributed by atoms with Crippen molar-refractivity contribution in [2.75, 3.05) is 12.4 Å². The molecule has 27 heavy (non-hydrogen) atoms. The van der Waals surface area contributed by atoms with E-state index in [1.807, 2.05) is 0 Å². The number of pyridine rings is 1. The molecule has 138 valence electrons. The molecular formula is C17H16N6O3S. The summed E-state index contributed by atoms with van der Waals surface area (Å²) >= 11 is 0. The number of sulfonamides is 1. The van der Waals surface area contributed by atoms with E-state index in [1.54, 1.807) is 31.3 Å². The minimum absolute atomic E-state index is 0.0648. The normalized spacial score (nSPS) is 11.2. The maximum absolute atomic E-state index is 12.4. The minimum Gasteiger partial charge on any atom is -0.290 e. The van der Waals surface area contributed by atoms with Crippen LogP contribution in [0.4, 0.5) is 5.95 Å². The van der Waals surface area contributed by atoms with Gasteiger partial charge in [0.1, 0.15) is 11.5 Å². The third-order valence-electron chi connectivity index (χ3n) is 3.56. The number of carbonyl (C=O) groups is 1. The van der Waals surface area contributed by atoms with E-state index in [1.165, 1.54) is 31.3 Å². The van der Waals surface area contributed by atoms with Crippen molar-refractivity contribution in [2.24, 2.45) is 0 Å². The van der Waals surface area contributed by atoms with E-state index in [-0.39, 0.29) is 16.4 Å². The zero-order valence-corrected chi connectivity index (χ0v) is 15.4. The van der Waals surface area contributed by atoms with E-state index < -0.39 is 15.9 Å². The number of benzene rings is 1. The predicted octanol–water partition coefficient (Wildman–Crippen LogP) is 1.40. The highest BCUT2D eigenvalue weighted by atomic mass is 32.2. The highest BCUT2D eigenvalue weighted by Crippen LogP contribution is 2.15. The van der Waals surface area contributed by atoms with E-state index in [4.69, 9.17) is 0 Å². The predicted molar refractivity (Wildman–Crippen MR) is 98.4 cm³/mol. The van der Waals surface area contributed by atoms with Crippen LogP contribution in [0.3, 0.4) is 0 Å². The third kappa shape index (κ3) is 4.30. The first-order valence-corrected chi connectivity index (χ1v) is 9.36. The average molecular weight is 384 g/mol. The van der Waals surface area contributed by atoms with Gasteiger partial charge in [-0.25, -0.2) is 18.1 Å². The lowest BCUT2D eigenvalue weighted by atomic mass is 10.2. The van der Waals surface area contributed by atoms with Crippen molar-refractivity contribution in [3.63, 3.8) is 0 Å². The van der Waals surface area contributed by atoms with E-state index in [2.05, 4.69) is 30.0 Å². The van der Waals surface area contributed by atoms with Crippen LogP contribution >= 0.6 is 0 Å². The first-order chi connectivity index (χ1) is 12.9. The van der Waals surface area contributed by atoms with Gasteiger partial charge in [0.05, 0.1) is 4.90 Å². The molecule has 0 bridgehead atoms. The fraction of sp³-hybridized carbons (Fsp3) is 0.118. The molecule has 0 saturated carbocycles. The number of aromatic nitrogens is 4. The average Bonchev–Trinajstić information content (AvgIpc) is 2.68. The Labute approximate surface area is 156 Å². The number of nitrogens with zero attached hydrogens (tertiary/aromatic N) is 4. The Hall–Kier alpha value is -3.24. The monoisotopic (exact) mass is 384 g/mol. The van der Waals surface area contributed by atoms with Gasteiger partial charge in [-0.2, -0.15) is 9.97 Å². The Morgan fingerprint density at radius 2 is 1.74 bits per heavy atom. The van der Waals surface area contributed by atoms with Crippen molar-refractivity contribution in [1.29, 1.82) is 0 Å². The molecule has 1 aromatic carbocycles. The Kier molecular flexibility index (Phi) is 5.19. The second-order valence-electron chi connectivity index (χ2n) is 5.43. The lowest BCUT2D eigenvalue weighted by Crippen LogP contribution is -2.19. The number of rotatable bonds is 5. The quantitative estimate of drug-likeness (QED) is 0.681.